The fraction of sp³-hybridized carbons (Fsp3) is 0.667. The van der Waals surface area contributed by atoms with E-state index in [2.05, 4.69) is 10.6 Å². The van der Waals surface area contributed by atoms with Crippen LogP contribution in [0.15, 0.2) is 0 Å². The monoisotopic (exact) mass is 157 g/mol. The van der Waals surface area contributed by atoms with Gasteiger partial charge in [-0.3, -0.25) is 4.79 Å². The zero-order chi connectivity index (χ0) is 8.43. The van der Waals surface area contributed by atoms with Gasteiger partial charge < -0.3 is 15.5 Å². The number of nitrogens with one attached hydrogen (secondary N) is 2. The predicted molar refractivity (Wildman–Crippen MR) is 38.8 cm³/mol. The normalized spacial score (nSPS) is 25.6. The first-order valence-corrected chi connectivity index (χ1v) is 3.40. The summed E-state index contributed by atoms with van der Waals surface area (Å²) in [6.07, 6.45) is 0. The molecule has 3 amide bonds. The Kier molecular flexibility index (Phi) is 1.98. The molecule has 0 aromatic rings. The van der Waals surface area contributed by atoms with Gasteiger partial charge >= 0.3 is 6.03 Å². The summed E-state index contributed by atoms with van der Waals surface area (Å²) in [6, 6.07) is -0.724. The number of hydrogen-bond acceptors (Lipinski definition) is 2. The van der Waals surface area contributed by atoms with Crippen LogP contribution in [0.3, 0.4) is 0 Å². The zero-order valence-electron chi connectivity index (χ0n) is 6.55. The van der Waals surface area contributed by atoms with Crippen LogP contribution >= 0.6 is 0 Å². The highest BCUT2D eigenvalue weighted by Crippen LogP contribution is 1.93. The molecule has 0 unspecified atom stereocenters. The lowest BCUT2D eigenvalue weighted by Gasteiger charge is -2.14. The van der Waals surface area contributed by atoms with Gasteiger partial charge in [0.25, 0.3) is 0 Å². The van der Waals surface area contributed by atoms with Crippen molar-refractivity contribution < 1.29 is 9.59 Å². The summed E-state index contributed by atoms with van der Waals surface area (Å²) in [5.41, 5.74) is 0. The van der Waals surface area contributed by atoms with Gasteiger partial charge in [0.2, 0.25) is 5.91 Å². The Labute approximate surface area is 64.7 Å². The number of likely N-dealkylation sites (N-methyl/N-ethyl adjacent to an activating group) is 1. The van der Waals surface area contributed by atoms with Crippen molar-refractivity contribution in [1.29, 1.82) is 0 Å². The maximum atomic E-state index is 11.2. The molecular formula is C6H11N3O2. The van der Waals surface area contributed by atoms with Crippen LogP contribution in [-0.4, -0.2) is 36.6 Å². The van der Waals surface area contributed by atoms with E-state index < -0.39 is 6.04 Å². The molecule has 1 atom stereocenters. The fourth-order valence-electron chi connectivity index (χ4n) is 0.908. The number of rotatable bonds is 0. The average Bonchev–Trinajstić information content (AvgIpc) is 2.05. The molecule has 0 saturated carbocycles. The average molecular weight is 157 g/mol. The summed E-state index contributed by atoms with van der Waals surface area (Å²) >= 11 is 0. The van der Waals surface area contributed by atoms with Crippen LogP contribution in [-0.2, 0) is 4.79 Å². The summed E-state index contributed by atoms with van der Waals surface area (Å²) in [4.78, 5) is 23.4. The molecule has 5 nitrogen and oxygen atoms in total. The standard InChI is InChI=1S/C6H11N3O2/c1-4-5(10)9(2)3-7-6(11)8-4/h4H,3H2,1-2H3,(H2,7,8,11)/t4-/m0/s1. The molecule has 0 aliphatic carbocycles. The molecule has 0 radical (unpaired) electrons. The van der Waals surface area contributed by atoms with Gasteiger partial charge in [-0.2, -0.15) is 0 Å². The molecule has 0 spiro atoms. The van der Waals surface area contributed by atoms with E-state index in [9.17, 15) is 9.59 Å². The maximum Gasteiger partial charge on any atom is 0.316 e. The van der Waals surface area contributed by atoms with Gasteiger partial charge in [-0.25, -0.2) is 4.79 Å². The van der Waals surface area contributed by atoms with Crippen LogP contribution in [0.4, 0.5) is 4.79 Å². The SMILES string of the molecule is C[C@@H]1NC(=O)NCN(C)C1=O. The fourth-order valence-corrected chi connectivity index (χ4v) is 0.908. The van der Waals surface area contributed by atoms with E-state index >= 15 is 0 Å². The van der Waals surface area contributed by atoms with Crippen LogP contribution in [0.25, 0.3) is 0 Å². The highest BCUT2D eigenvalue weighted by molar-refractivity contribution is 5.88. The second-order valence-electron chi connectivity index (χ2n) is 2.57. The minimum Gasteiger partial charge on any atom is -0.327 e. The molecule has 1 aliphatic rings. The summed E-state index contributed by atoms with van der Waals surface area (Å²) in [6.45, 7) is 1.93. The molecule has 1 fully saturated rings. The van der Waals surface area contributed by atoms with Crippen molar-refractivity contribution in [3.63, 3.8) is 0 Å². The first-order valence-electron chi connectivity index (χ1n) is 3.40. The molecule has 62 valence electrons. The second kappa shape index (κ2) is 2.77. The van der Waals surface area contributed by atoms with Gasteiger partial charge in [-0.05, 0) is 6.92 Å². The van der Waals surface area contributed by atoms with Crippen LogP contribution in [0.1, 0.15) is 6.92 Å². The Morgan fingerprint density at radius 2 is 2.18 bits per heavy atom. The van der Waals surface area contributed by atoms with Gasteiger partial charge in [-0.1, -0.05) is 0 Å². The van der Waals surface area contributed by atoms with Crippen LogP contribution in [0.5, 0.6) is 0 Å². The Balaban J connectivity index is 2.68. The predicted octanol–water partition coefficient (Wildman–Crippen LogP) is -0.896. The third-order valence-electron chi connectivity index (χ3n) is 1.57. The zero-order valence-corrected chi connectivity index (χ0v) is 6.55. The Hall–Kier alpha value is -1.26. The van der Waals surface area contributed by atoms with Crippen molar-refractivity contribution in [1.82, 2.24) is 15.5 Å². The van der Waals surface area contributed by atoms with E-state index in [1.54, 1.807) is 14.0 Å². The van der Waals surface area contributed by atoms with Crippen LogP contribution in [0.2, 0.25) is 0 Å². The summed E-state index contributed by atoms with van der Waals surface area (Å²) < 4.78 is 0. The largest absolute Gasteiger partial charge is 0.327 e. The molecule has 1 aliphatic heterocycles. The lowest BCUT2D eigenvalue weighted by Crippen LogP contribution is -2.41. The van der Waals surface area contributed by atoms with E-state index in [-0.39, 0.29) is 18.6 Å². The lowest BCUT2D eigenvalue weighted by molar-refractivity contribution is -0.131. The van der Waals surface area contributed by atoms with Crippen molar-refractivity contribution >= 4 is 11.9 Å². The Morgan fingerprint density at radius 3 is 2.82 bits per heavy atom. The van der Waals surface area contributed by atoms with Crippen LogP contribution in [0, 0.1) is 0 Å². The van der Waals surface area contributed by atoms with Crippen LogP contribution < -0.4 is 10.6 Å². The molecule has 2 N–H and O–H groups in total. The summed E-state index contributed by atoms with van der Waals surface area (Å²) in [5, 5.41) is 4.99. The van der Waals surface area contributed by atoms with Gasteiger partial charge in [-0.15, -0.1) is 0 Å². The minimum atomic E-state index is -0.428. The molecule has 0 bridgehead atoms. The number of carbonyl (C=O) groups is 2. The van der Waals surface area contributed by atoms with Crippen molar-refractivity contribution in [3.8, 4) is 0 Å². The Morgan fingerprint density at radius 1 is 1.55 bits per heavy atom. The molecule has 1 heterocycles. The van der Waals surface area contributed by atoms with E-state index in [1.165, 1.54) is 4.90 Å². The Bertz CT molecular complexity index is 192. The topological polar surface area (TPSA) is 61.4 Å². The van der Waals surface area contributed by atoms with Gasteiger partial charge in [0, 0.05) is 7.05 Å². The van der Waals surface area contributed by atoms with E-state index in [4.69, 9.17) is 0 Å². The molecule has 1 saturated heterocycles. The highest BCUT2D eigenvalue weighted by atomic mass is 16.2. The summed E-state index contributed by atoms with van der Waals surface area (Å²) in [5.74, 6) is -0.0802. The quantitative estimate of drug-likeness (QED) is 0.479. The van der Waals surface area contributed by atoms with E-state index in [0.29, 0.717) is 0 Å². The molecular weight excluding hydrogens is 146 g/mol. The molecule has 0 aromatic carbocycles. The lowest BCUT2D eigenvalue weighted by atomic mass is 10.3. The third kappa shape index (κ3) is 1.60. The van der Waals surface area contributed by atoms with Crippen molar-refractivity contribution in [2.24, 2.45) is 0 Å². The second-order valence-corrected chi connectivity index (χ2v) is 2.57. The number of hydrogen-bond donors (Lipinski definition) is 2. The maximum absolute atomic E-state index is 11.2. The van der Waals surface area contributed by atoms with Gasteiger partial charge in [0.05, 0.1) is 6.67 Å². The van der Waals surface area contributed by atoms with Crippen molar-refractivity contribution in [2.75, 3.05) is 13.7 Å². The highest BCUT2D eigenvalue weighted by Gasteiger charge is 2.22. The number of carbonyl (C=O) groups excluding carboxylic acids is 2. The first kappa shape index (κ1) is 7.84. The first-order chi connectivity index (χ1) is 5.11. The smallest absolute Gasteiger partial charge is 0.316 e. The molecule has 5 heteroatoms. The minimum absolute atomic E-state index is 0.0802. The van der Waals surface area contributed by atoms with E-state index in [1.807, 2.05) is 0 Å². The van der Waals surface area contributed by atoms with Crippen molar-refractivity contribution in [2.45, 2.75) is 13.0 Å². The molecule has 0 aromatic heterocycles. The van der Waals surface area contributed by atoms with Crippen molar-refractivity contribution in [3.05, 3.63) is 0 Å². The number of amides is 3. The third-order valence-corrected chi connectivity index (χ3v) is 1.57. The van der Waals surface area contributed by atoms with E-state index in [0.717, 1.165) is 0 Å². The van der Waals surface area contributed by atoms with Gasteiger partial charge in [0.15, 0.2) is 0 Å². The van der Waals surface area contributed by atoms with Gasteiger partial charge in [0.1, 0.15) is 6.04 Å². The number of nitrogens with zero attached hydrogens (tertiary/aromatic N) is 1. The number of urea groups is 1. The summed E-state index contributed by atoms with van der Waals surface area (Å²) in [7, 11) is 1.64. The molecule has 11 heavy (non-hydrogen) atoms. The molecule has 1 rings (SSSR count).